The first-order chi connectivity index (χ1) is 11.5. The zero-order chi connectivity index (χ0) is 19.5. The molecule has 0 aromatic carbocycles. The fraction of sp³-hybridized carbons (Fsp3) is 0.889. The third-order valence-corrected chi connectivity index (χ3v) is 3.60. The molecule has 1 unspecified atom stereocenters. The largest absolute Gasteiger partial charge is 0.471 e. The Morgan fingerprint density at radius 3 is 1.84 bits per heavy atom. The van der Waals surface area contributed by atoms with Crippen LogP contribution in [0.1, 0.15) is 85.5 Å². The van der Waals surface area contributed by atoms with Gasteiger partial charge in [0, 0.05) is 0 Å². The van der Waals surface area contributed by atoms with Gasteiger partial charge in [-0.15, -0.1) is 0 Å². The third-order valence-electron chi connectivity index (χ3n) is 3.60. The Morgan fingerprint density at radius 1 is 0.920 bits per heavy atom. The second kappa shape index (κ2) is 11.4. The van der Waals surface area contributed by atoms with E-state index in [1.54, 1.807) is 26.1 Å². The number of carbonyl (C=O) groups is 2. The van der Waals surface area contributed by atoms with Crippen LogP contribution >= 0.6 is 0 Å². The highest BCUT2D eigenvalue weighted by Gasteiger charge is 2.41. The molecule has 0 saturated heterocycles. The first kappa shape index (κ1) is 23.7. The van der Waals surface area contributed by atoms with E-state index in [1.807, 2.05) is 0 Å². The van der Waals surface area contributed by atoms with Crippen LogP contribution in [0.4, 0.5) is 13.2 Å². The Hall–Kier alpha value is -1.27. The van der Waals surface area contributed by atoms with Gasteiger partial charge in [0.25, 0.3) is 0 Å². The van der Waals surface area contributed by atoms with Crippen LogP contribution in [0, 0.1) is 0 Å². The van der Waals surface area contributed by atoms with Gasteiger partial charge in [0.05, 0.1) is 0 Å². The van der Waals surface area contributed by atoms with Crippen molar-refractivity contribution in [3.63, 3.8) is 0 Å². The summed E-state index contributed by atoms with van der Waals surface area (Å²) in [6.07, 6.45) is 3.28. The number of hydrogen-bond donors (Lipinski definition) is 1. The van der Waals surface area contributed by atoms with Crippen LogP contribution in [0.3, 0.4) is 0 Å². The smallest absolute Gasteiger partial charge is 0.458 e. The highest BCUT2D eigenvalue weighted by atomic mass is 19.4. The van der Waals surface area contributed by atoms with E-state index in [1.165, 1.54) is 19.3 Å². The number of halogens is 3. The molecular weight excluding hydrogens is 335 g/mol. The lowest BCUT2D eigenvalue weighted by Crippen LogP contribution is -2.48. The van der Waals surface area contributed by atoms with Crippen LogP contribution in [0.5, 0.6) is 0 Å². The van der Waals surface area contributed by atoms with Crippen molar-refractivity contribution in [2.75, 3.05) is 0 Å². The zero-order valence-electron chi connectivity index (χ0n) is 15.8. The molecular formula is C18H32F3NO3. The fourth-order valence-electron chi connectivity index (χ4n) is 2.34. The van der Waals surface area contributed by atoms with Gasteiger partial charge in [0.2, 0.25) is 0 Å². The number of esters is 1. The van der Waals surface area contributed by atoms with Crippen molar-refractivity contribution in [1.82, 2.24) is 5.32 Å². The second-order valence-electron chi connectivity index (χ2n) is 7.32. The van der Waals surface area contributed by atoms with Crippen LogP contribution in [-0.4, -0.2) is 29.7 Å². The number of alkyl halides is 3. The molecule has 1 amide bonds. The molecule has 0 aromatic heterocycles. The summed E-state index contributed by atoms with van der Waals surface area (Å²) >= 11 is 0. The molecule has 1 N–H and O–H groups in total. The van der Waals surface area contributed by atoms with Crippen LogP contribution in [0.2, 0.25) is 0 Å². The summed E-state index contributed by atoms with van der Waals surface area (Å²) in [5.41, 5.74) is -0.822. The summed E-state index contributed by atoms with van der Waals surface area (Å²) in [4.78, 5) is 23.2. The molecule has 0 fully saturated rings. The lowest BCUT2D eigenvalue weighted by Gasteiger charge is -2.25. The molecule has 0 heterocycles. The molecule has 0 rings (SSSR count). The van der Waals surface area contributed by atoms with Gasteiger partial charge in [-0.3, -0.25) is 4.79 Å². The summed E-state index contributed by atoms with van der Waals surface area (Å²) in [5.74, 6) is -2.93. The standard InChI is InChI=1S/C18H32F3NO3/c1-5-6-7-8-9-10-11-12-13-14(15(23)25-17(2,3)4)22-16(24)18(19,20)21/h14H,5-13H2,1-4H3,(H,22,24). The minimum absolute atomic E-state index is 0.145. The van der Waals surface area contributed by atoms with E-state index < -0.39 is 29.7 Å². The van der Waals surface area contributed by atoms with E-state index in [0.717, 1.165) is 25.7 Å². The maximum Gasteiger partial charge on any atom is 0.471 e. The number of hydrogen-bond acceptors (Lipinski definition) is 3. The zero-order valence-corrected chi connectivity index (χ0v) is 15.8. The van der Waals surface area contributed by atoms with Gasteiger partial charge in [-0.25, -0.2) is 4.79 Å². The summed E-state index contributed by atoms with van der Waals surface area (Å²) in [6, 6.07) is -1.27. The quantitative estimate of drug-likeness (QED) is 0.417. The molecule has 1 atom stereocenters. The molecule has 0 aliphatic carbocycles. The number of carbonyl (C=O) groups excluding carboxylic acids is 2. The normalized spacial score (nSPS) is 13.4. The number of unbranched alkanes of at least 4 members (excludes halogenated alkanes) is 7. The number of nitrogens with one attached hydrogen (secondary N) is 1. The van der Waals surface area contributed by atoms with Gasteiger partial charge in [-0.05, 0) is 27.2 Å². The summed E-state index contributed by atoms with van der Waals surface area (Å²) in [5, 5.41) is 1.76. The predicted molar refractivity (Wildman–Crippen MR) is 91.1 cm³/mol. The van der Waals surface area contributed by atoms with E-state index in [0.29, 0.717) is 6.42 Å². The Kier molecular flexibility index (Phi) is 10.8. The van der Waals surface area contributed by atoms with Gasteiger partial charge in [-0.2, -0.15) is 13.2 Å². The predicted octanol–water partition coefficient (Wildman–Crippen LogP) is 4.91. The van der Waals surface area contributed by atoms with E-state index >= 15 is 0 Å². The molecule has 148 valence electrons. The van der Waals surface area contributed by atoms with Crippen LogP contribution in [0.25, 0.3) is 0 Å². The monoisotopic (exact) mass is 367 g/mol. The Bertz CT molecular complexity index is 403. The van der Waals surface area contributed by atoms with E-state index in [9.17, 15) is 22.8 Å². The molecule has 0 aliphatic heterocycles. The van der Waals surface area contributed by atoms with Crippen molar-refractivity contribution in [3.8, 4) is 0 Å². The molecule has 7 heteroatoms. The molecule has 0 bridgehead atoms. The molecule has 0 spiro atoms. The van der Waals surface area contributed by atoms with Crippen molar-refractivity contribution < 1.29 is 27.5 Å². The molecule has 0 saturated carbocycles. The van der Waals surface area contributed by atoms with Crippen molar-refractivity contribution in [1.29, 1.82) is 0 Å². The number of rotatable bonds is 11. The average Bonchev–Trinajstić information content (AvgIpc) is 2.45. The first-order valence-corrected chi connectivity index (χ1v) is 9.08. The van der Waals surface area contributed by atoms with Crippen molar-refractivity contribution >= 4 is 11.9 Å². The topological polar surface area (TPSA) is 55.4 Å². The SMILES string of the molecule is CCCCCCCCCCC(NC(=O)C(F)(F)F)C(=O)OC(C)(C)C. The summed E-state index contributed by atoms with van der Waals surface area (Å²) < 4.78 is 42.4. The Labute approximate surface area is 148 Å². The van der Waals surface area contributed by atoms with Crippen LogP contribution < -0.4 is 5.32 Å². The maximum absolute atomic E-state index is 12.4. The molecule has 4 nitrogen and oxygen atoms in total. The van der Waals surface area contributed by atoms with E-state index in [4.69, 9.17) is 4.74 Å². The Morgan fingerprint density at radius 2 is 1.40 bits per heavy atom. The highest BCUT2D eigenvalue weighted by Crippen LogP contribution is 2.18. The van der Waals surface area contributed by atoms with Crippen molar-refractivity contribution in [2.24, 2.45) is 0 Å². The molecule has 0 aromatic rings. The molecule has 0 aliphatic rings. The summed E-state index contributed by atoms with van der Waals surface area (Å²) in [6.45, 7) is 7.03. The maximum atomic E-state index is 12.4. The third kappa shape index (κ3) is 12.7. The van der Waals surface area contributed by atoms with Crippen molar-refractivity contribution in [3.05, 3.63) is 0 Å². The molecule has 0 radical (unpaired) electrons. The van der Waals surface area contributed by atoms with Gasteiger partial charge in [-0.1, -0.05) is 58.3 Å². The second-order valence-corrected chi connectivity index (χ2v) is 7.32. The lowest BCUT2D eigenvalue weighted by molar-refractivity contribution is -0.177. The molecule has 25 heavy (non-hydrogen) atoms. The lowest BCUT2D eigenvalue weighted by atomic mass is 10.0. The summed E-state index contributed by atoms with van der Waals surface area (Å²) in [7, 11) is 0. The highest BCUT2D eigenvalue weighted by molar-refractivity contribution is 5.87. The van der Waals surface area contributed by atoms with Crippen molar-refractivity contribution in [2.45, 2.75) is 103 Å². The van der Waals surface area contributed by atoms with Crippen LogP contribution in [-0.2, 0) is 14.3 Å². The van der Waals surface area contributed by atoms with Gasteiger partial charge >= 0.3 is 18.1 Å². The van der Waals surface area contributed by atoms with Gasteiger partial charge < -0.3 is 10.1 Å². The minimum Gasteiger partial charge on any atom is -0.458 e. The number of ether oxygens (including phenoxy) is 1. The number of amides is 1. The average molecular weight is 367 g/mol. The minimum atomic E-state index is -5.01. The van der Waals surface area contributed by atoms with Gasteiger partial charge in [0.1, 0.15) is 11.6 Å². The first-order valence-electron chi connectivity index (χ1n) is 9.08. The fourth-order valence-corrected chi connectivity index (χ4v) is 2.34. The van der Waals surface area contributed by atoms with E-state index in [-0.39, 0.29) is 6.42 Å². The van der Waals surface area contributed by atoms with Crippen LogP contribution in [0.15, 0.2) is 0 Å². The van der Waals surface area contributed by atoms with E-state index in [2.05, 4.69) is 6.92 Å². The Balaban J connectivity index is 4.40. The van der Waals surface area contributed by atoms with Gasteiger partial charge in [0.15, 0.2) is 0 Å².